The van der Waals surface area contributed by atoms with E-state index in [9.17, 15) is 9.18 Å². The molecular weight excluding hydrogens is 347 g/mol. The summed E-state index contributed by atoms with van der Waals surface area (Å²) in [5, 5.41) is 0.0972. The van der Waals surface area contributed by atoms with Crippen LogP contribution in [0.5, 0.6) is 5.75 Å². The van der Waals surface area contributed by atoms with Gasteiger partial charge in [-0.2, -0.15) is 0 Å². The summed E-state index contributed by atoms with van der Waals surface area (Å²) in [6, 6.07) is 8.73. The fourth-order valence-electron chi connectivity index (χ4n) is 1.74. The third kappa shape index (κ3) is 3.19. The van der Waals surface area contributed by atoms with Crippen LogP contribution in [0.3, 0.4) is 0 Å². The average molecular weight is 358 g/mol. The zero-order valence-electron chi connectivity index (χ0n) is 10.6. The van der Waals surface area contributed by atoms with Crippen LogP contribution in [0.2, 0.25) is 5.02 Å². The van der Waals surface area contributed by atoms with E-state index in [0.717, 1.165) is 6.07 Å². The summed E-state index contributed by atoms with van der Waals surface area (Å²) in [5.41, 5.74) is 0.720. The van der Waals surface area contributed by atoms with Crippen molar-refractivity contribution in [3.8, 4) is 5.75 Å². The number of benzene rings is 2. The molecule has 0 N–H and O–H groups in total. The Morgan fingerprint density at radius 2 is 2.05 bits per heavy atom. The number of rotatable bonds is 4. The molecule has 0 aliphatic rings. The zero-order valence-corrected chi connectivity index (χ0v) is 13.0. The Hall–Kier alpha value is -1.39. The van der Waals surface area contributed by atoms with E-state index in [1.807, 2.05) is 6.92 Å². The van der Waals surface area contributed by atoms with E-state index in [1.165, 1.54) is 12.1 Å². The molecule has 5 heteroatoms. The van der Waals surface area contributed by atoms with E-state index in [-0.39, 0.29) is 16.4 Å². The maximum atomic E-state index is 13.0. The predicted molar refractivity (Wildman–Crippen MR) is 80.2 cm³/mol. The van der Waals surface area contributed by atoms with Crippen molar-refractivity contribution in [3.05, 3.63) is 62.8 Å². The second kappa shape index (κ2) is 6.37. The summed E-state index contributed by atoms with van der Waals surface area (Å²) >= 11 is 9.25. The fourth-order valence-corrected chi connectivity index (χ4v) is 2.49. The monoisotopic (exact) mass is 356 g/mol. The third-order valence-electron chi connectivity index (χ3n) is 2.67. The molecule has 2 aromatic carbocycles. The van der Waals surface area contributed by atoms with Gasteiger partial charge in [0.2, 0.25) is 0 Å². The highest BCUT2D eigenvalue weighted by molar-refractivity contribution is 9.10. The minimum Gasteiger partial charge on any atom is -0.493 e. The van der Waals surface area contributed by atoms with Gasteiger partial charge in [0.05, 0.1) is 16.1 Å². The highest BCUT2D eigenvalue weighted by Gasteiger charge is 2.15. The van der Waals surface area contributed by atoms with Crippen LogP contribution in [-0.2, 0) is 0 Å². The smallest absolute Gasteiger partial charge is 0.194 e. The molecule has 0 fully saturated rings. The molecule has 2 nitrogen and oxygen atoms in total. The Balaban J connectivity index is 2.36. The summed E-state index contributed by atoms with van der Waals surface area (Å²) in [4.78, 5) is 12.3. The maximum Gasteiger partial charge on any atom is 0.194 e. The topological polar surface area (TPSA) is 26.3 Å². The van der Waals surface area contributed by atoms with Crippen molar-refractivity contribution >= 4 is 33.3 Å². The van der Waals surface area contributed by atoms with E-state index in [0.29, 0.717) is 22.4 Å². The van der Waals surface area contributed by atoms with E-state index < -0.39 is 5.82 Å². The molecule has 0 amide bonds. The van der Waals surface area contributed by atoms with Crippen molar-refractivity contribution in [2.45, 2.75) is 6.92 Å². The van der Waals surface area contributed by atoms with E-state index in [2.05, 4.69) is 15.9 Å². The van der Waals surface area contributed by atoms with Gasteiger partial charge in [-0.3, -0.25) is 4.79 Å². The normalized spacial score (nSPS) is 10.4. The van der Waals surface area contributed by atoms with Crippen molar-refractivity contribution in [1.29, 1.82) is 0 Å². The van der Waals surface area contributed by atoms with Crippen LogP contribution < -0.4 is 4.74 Å². The SMILES string of the molecule is CCOc1ccc(C(=O)c2ccc(F)cc2Cl)cc1Br. The summed E-state index contributed by atoms with van der Waals surface area (Å²) in [7, 11) is 0. The lowest BCUT2D eigenvalue weighted by Crippen LogP contribution is -2.03. The highest BCUT2D eigenvalue weighted by atomic mass is 79.9. The van der Waals surface area contributed by atoms with Gasteiger partial charge in [0.25, 0.3) is 0 Å². The molecule has 104 valence electrons. The first-order chi connectivity index (χ1) is 9.52. The summed E-state index contributed by atoms with van der Waals surface area (Å²) in [6.07, 6.45) is 0. The molecule has 2 aromatic rings. The summed E-state index contributed by atoms with van der Waals surface area (Å²) in [5.74, 6) is -0.0765. The first kappa shape index (κ1) is 15.0. The maximum absolute atomic E-state index is 13.0. The van der Waals surface area contributed by atoms with Crippen LogP contribution in [-0.4, -0.2) is 12.4 Å². The Morgan fingerprint density at radius 3 is 2.65 bits per heavy atom. The van der Waals surface area contributed by atoms with Crippen LogP contribution in [0.25, 0.3) is 0 Å². The van der Waals surface area contributed by atoms with Gasteiger partial charge >= 0.3 is 0 Å². The van der Waals surface area contributed by atoms with E-state index >= 15 is 0 Å². The highest BCUT2D eigenvalue weighted by Crippen LogP contribution is 2.28. The van der Waals surface area contributed by atoms with Gasteiger partial charge in [0.15, 0.2) is 5.78 Å². The molecule has 0 aliphatic heterocycles. The largest absolute Gasteiger partial charge is 0.493 e. The van der Waals surface area contributed by atoms with Crippen molar-refractivity contribution in [2.75, 3.05) is 6.61 Å². The molecule has 0 atom stereocenters. The van der Waals surface area contributed by atoms with Gasteiger partial charge < -0.3 is 4.74 Å². The first-order valence-corrected chi connectivity index (χ1v) is 7.12. The minimum atomic E-state index is -0.473. The number of ether oxygens (including phenoxy) is 1. The first-order valence-electron chi connectivity index (χ1n) is 5.95. The van der Waals surface area contributed by atoms with Gasteiger partial charge in [-0.25, -0.2) is 4.39 Å². The molecule has 0 bridgehead atoms. The van der Waals surface area contributed by atoms with Gasteiger partial charge in [0, 0.05) is 11.1 Å². The van der Waals surface area contributed by atoms with Crippen molar-refractivity contribution in [1.82, 2.24) is 0 Å². The lowest BCUT2D eigenvalue weighted by molar-refractivity contribution is 0.103. The zero-order chi connectivity index (χ0) is 14.7. The number of carbonyl (C=O) groups is 1. The van der Waals surface area contributed by atoms with Gasteiger partial charge in [-0.05, 0) is 59.3 Å². The van der Waals surface area contributed by atoms with Gasteiger partial charge in [-0.15, -0.1) is 0 Å². The van der Waals surface area contributed by atoms with E-state index in [1.54, 1.807) is 18.2 Å². The van der Waals surface area contributed by atoms with Crippen LogP contribution in [0, 0.1) is 5.82 Å². The number of halogens is 3. The standard InChI is InChI=1S/C15H11BrClFO2/c1-2-20-14-6-3-9(7-12(14)16)15(19)11-5-4-10(18)8-13(11)17/h3-8H,2H2,1H3. The molecule has 20 heavy (non-hydrogen) atoms. The van der Waals surface area contributed by atoms with Gasteiger partial charge in [0.1, 0.15) is 11.6 Å². The Morgan fingerprint density at radius 1 is 1.30 bits per heavy atom. The lowest BCUT2D eigenvalue weighted by Gasteiger charge is -2.08. The molecule has 0 aliphatic carbocycles. The Kier molecular flexibility index (Phi) is 4.78. The van der Waals surface area contributed by atoms with Crippen LogP contribution in [0.1, 0.15) is 22.8 Å². The van der Waals surface area contributed by atoms with E-state index in [4.69, 9.17) is 16.3 Å². The molecule has 0 aromatic heterocycles. The molecular formula is C15H11BrClFO2. The molecule has 2 rings (SSSR count). The fraction of sp³-hybridized carbons (Fsp3) is 0.133. The quantitative estimate of drug-likeness (QED) is 0.730. The second-order valence-electron chi connectivity index (χ2n) is 4.03. The van der Waals surface area contributed by atoms with Gasteiger partial charge in [-0.1, -0.05) is 11.6 Å². The van der Waals surface area contributed by atoms with Crippen LogP contribution >= 0.6 is 27.5 Å². The number of ketones is 1. The summed E-state index contributed by atoms with van der Waals surface area (Å²) in [6.45, 7) is 2.42. The molecule has 0 unspecified atom stereocenters. The Labute approximate surface area is 129 Å². The lowest BCUT2D eigenvalue weighted by atomic mass is 10.0. The molecule has 0 spiro atoms. The number of carbonyl (C=O) groups excluding carboxylic acids is 1. The minimum absolute atomic E-state index is 0.0972. The Bertz CT molecular complexity index is 658. The van der Waals surface area contributed by atoms with Crippen molar-refractivity contribution in [3.63, 3.8) is 0 Å². The molecule has 0 saturated carbocycles. The van der Waals surface area contributed by atoms with Crippen molar-refractivity contribution in [2.24, 2.45) is 0 Å². The summed E-state index contributed by atoms with van der Waals surface area (Å²) < 4.78 is 19.1. The van der Waals surface area contributed by atoms with Crippen LogP contribution in [0.15, 0.2) is 40.9 Å². The number of hydrogen-bond acceptors (Lipinski definition) is 2. The molecule has 0 saturated heterocycles. The molecule has 0 radical (unpaired) electrons. The predicted octanol–water partition coefficient (Wildman–Crippen LogP) is 4.87. The average Bonchev–Trinajstić information content (AvgIpc) is 2.40. The third-order valence-corrected chi connectivity index (χ3v) is 3.60. The second-order valence-corrected chi connectivity index (χ2v) is 5.29. The van der Waals surface area contributed by atoms with Crippen molar-refractivity contribution < 1.29 is 13.9 Å². The van der Waals surface area contributed by atoms with Crippen LogP contribution in [0.4, 0.5) is 4.39 Å². The molecule has 0 heterocycles. The number of hydrogen-bond donors (Lipinski definition) is 0.